The standard InChI is InChI=1S/C21H32N4O3S2/c1-5-23(6-2)30(27,28)17-11-12-19-18(14-17)22-21(24(19)7-3)29-15-20(26)25-13-9-8-10-16(25)4/h11-12,14,16H,5-10,13,15H2,1-4H3. The van der Waals surface area contributed by atoms with Gasteiger partial charge in [0.25, 0.3) is 0 Å². The maximum atomic E-state index is 12.9. The predicted octanol–water partition coefficient (Wildman–Crippen LogP) is 3.58. The molecule has 0 aliphatic carbocycles. The monoisotopic (exact) mass is 452 g/mol. The highest BCUT2D eigenvalue weighted by Gasteiger charge is 2.25. The molecule has 0 spiro atoms. The van der Waals surface area contributed by atoms with Crippen LogP contribution < -0.4 is 0 Å². The molecular formula is C21H32N4O3S2. The van der Waals surface area contributed by atoms with E-state index in [1.807, 2.05) is 36.3 Å². The molecule has 1 saturated heterocycles. The normalized spacial score (nSPS) is 17.8. The van der Waals surface area contributed by atoms with E-state index in [1.165, 1.54) is 22.5 Å². The summed E-state index contributed by atoms with van der Waals surface area (Å²) in [5.41, 5.74) is 1.53. The molecule has 1 aromatic heterocycles. The third kappa shape index (κ3) is 4.53. The molecular weight excluding hydrogens is 420 g/mol. The largest absolute Gasteiger partial charge is 0.339 e. The summed E-state index contributed by atoms with van der Waals surface area (Å²) in [7, 11) is -3.53. The number of likely N-dealkylation sites (tertiary alicyclic amines) is 1. The Morgan fingerprint density at radius 1 is 1.23 bits per heavy atom. The summed E-state index contributed by atoms with van der Waals surface area (Å²) in [6, 6.07) is 5.41. The van der Waals surface area contributed by atoms with Crippen molar-refractivity contribution in [2.75, 3.05) is 25.4 Å². The van der Waals surface area contributed by atoms with E-state index in [-0.39, 0.29) is 10.8 Å². The average Bonchev–Trinajstić information content (AvgIpc) is 3.09. The number of imidazole rings is 1. The number of rotatable bonds is 8. The van der Waals surface area contributed by atoms with Crippen molar-refractivity contribution >= 4 is 38.7 Å². The number of sulfonamides is 1. The van der Waals surface area contributed by atoms with Gasteiger partial charge in [0, 0.05) is 32.2 Å². The molecule has 1 fully saturated rings. The fourth-order valence-corrected chi connectivity index (χ4v) is 6.50. The van der Waals surface area contributed by atoms with E-state index in [2.05, 4.69) is 11.9 Å². The number of aromatic nitrogens is 2. The molecule has 2 heterocycles. The summed E-state index contributed by atoms with van der Waals surface area (Å²) in [6.45, 7) is 10.2. The van der Waals surface area contributed by atoms with Crippen LogP contribution in [0.15, 0.2) is 28.3 Å². The maximum absolute atomic E-state index is 12.9. The Bertz CT molecular complexity index is 999. The van der Waals surface area contributed by atoms with Crippen LogP contribution in [0.3, 0.4) is 0 Å². The molecule has 1 amide bonds. The van der Waals surface area contributed by atoms with Crippen molar-refractivity contribution in [2.45, 2.75) is 69.6 Å². The summed E-state index contributed by atoms with van der Waals surface area (Å²) < 4.78 is 29.2. The molecule has 2 aromatic rings. The van der Waals surface area contributed by atoms with Gasteiger partial charge in [-0.2, -0.15) is 4.31 Å². The van der Waals surface area contributed by atoms with Crippen LogP contribution in [0, 0.1) is 0 Å². The Hall–Kier alpha value is -1.58. The van der Waals surface area contributed by atoms with E-state index in [4.69, 9.17) is 0 Å². The summed E-state index contributed by atoms with van der Waals surface area (Å²) in [5.74, 6) is 0.491. The zero-order chi connectivity index (χ0) is 21.9. The number of hydrogen-bond acceptors (Lipinski definition) is 5. The number of fused-ring (bicyclic) bond motifs is 1. The van der Waals surface area contributed by atoms with E-state index in [0.29, 0.717) is 36.9 Å². The lowest BCUT2D eigenvalue weighted by Crippen LogP contribution is -2.42. The lowest BCUT2D eigenvalue weighted by atomic mass is 10.0. The molecule has 0 radical (unpaired) electrons. The second-order valence-electron chi connectivity index (χ2n) is 7.60. The van der Waals surface area contributed by atoms with Crippen molar-refractivity contribution in [3.63, 3.8) is 0 Å². The summed E-state index contributed by atoms with van der Waals surface area (Å²) in [5, 5.41) is 0.753. The number of hydrogen-bond donors (Lipinski definition) is 0. The molecule has 1 atom stereocenters. The lowest BCUT2D eigenvalue weighted by molar-refractivity contribution is -0.131. The van der Waals surface area contributed by atoms with Gasteiger partial charge in [-0.3, -0.25) is 4.79 Å². The van der Waals surface area contributed by atoms with Crippen molar-refractivity contribution in [3.05, 3.63) is 18.2 Å². The molecule has 0 bridgehead atoms. The smallest absolute Gasteiger partial charge is 0.243 e. The minimum absolute atomic E-state index is 0.145. The van der Waals surface area contributed by atoms with Gasteiger partial charge in [0.2, 0.25) is 15.9 Å². The van der Waals surface area contributed by atoms with Gasteiger partial charge in [-0.1, -0.05) is 25.6 Å². The number of carbonyl (C=O) groups excluding carboxylic acids is 1. The topological polar surface area (TPSA) is 75.5 Å². The average molecular weight is 453 g/mol. The van der Waals surface area contributed by atoms with Crippen molar-refractivity contribution in [2.24, 2.45) is 0 Å². The minimum Gasteiger partial charge on any atom is -0.339 e. The highest BCUT2D eigenvalue weighted by atomic mass is 32.2. The second-order valence-corrected chi connectivity index (χ2v) is 10.5. The molecule has 1 unspecified atom stereocenters. The Morgan fingerprint density at radius 3 is 2.60 bits per heavy atom. The van der Waals surface area contributed by atoms with Gasteiger partial charge in [0.05, 0.1) is 21.7 Å². The fraction of sp³-hybridized carbons (Fsp3) is 0.619. The fourth-order valence-electron chi connectivity index (χ4n) is 4.05. The minimum atomic E-state index is -3.53. The van der Waals surface area contributed by atoms with Crippen LogP contribution in [0.4, 0.5) is 0 Å². The van der Waals surface area contributed by atoms with Crippen LogP contribution >= 0.6 is 11.8 Å². The lowest BCUT2D eigenvalue weighted by Gasteiger charge is -2.33. The Balaban J connectivity index is 1.84. The molecule has 3 rings (SSSR count). The SMILES string of the molecule is CCN(CC)S(=O)(=O)c1ccc2c(c1)nc(SCC(=O)N1CCCCC1C)n2CC. The third-order valence-electron chi connectivity index (χ3n) is 5.79. The zero-order valence-electron chi connectivity index (χ0n) is 18.3. The number of nitrogens with zero attached hydrogens (tertiary/aromatic N) is 4. The summed E-state index contributed by atoms with van der Waals surface area (Å²) in [6.07, 6.45) is 3.31. The third-order valence-corrected chi connectivity index (χ3v) is 8.80. The van der Waals surface area contributed by atoms with Gasteiger partial charge in [-0.25, -0.2) is 13.4 Å². The van der Waals surface area contributed by atoms with Crippen molar-refractivity contribution in [1.82, 2.24) is 18.8 Å². The van der Waals surface area contributed by atoms with Crippen molar-refractivity contribution in [3.8, 4) is 0 Å². The van der Waals surface area contributed by atoms with Crippen LogP contribution in [0.2, 0.25) is 0 Å². The van der Waals surface area contributed by atoms with Gasteiger partial charge in [0.15, 0.2) is 5.16 Å². The van der Waals surface area contributed by atoms with Crippen LogP contribution in [0.25, 0.3) is 11.0 Å². The first-order chi connectivity index (χ1) is 14.3. The highest BCUT2D eigenvalue weighted by Crippen LogP contribution is 2.28. The van der Waals surface area contributed by atoms with Gasteiger partial charge in [-0.05, 0) is 51.3 Å². The van der Waals surface area contributed by atoms with Crippen molar-refractivity contribution in [1.29, 1.82) is 0 Å². The number of aryl methyl sites for hydroxylation is 1. The number of benzene rings is 1. The molecule has 0 N–H and O–H groups in total. The summed E-state index contributed by atoms with van der Waals surface area (Å²) >= 11 is 1.43. The molecule has 7 nitrogen and oxygen atoms in total. The van der Waals surface area contributed by atoms with Gasteiger partial charge in [-0.15, -0.1) is 0 Å². The molecule has 30 heavy (non-hydrogen) atoms. The van der Waals surface area contributed by atoms with E-state index < -0.39 is 10.0 Å². The van der Waals surface area contributed by atoms with Crippen LogP contribution in [0.5, 0.6) is 0 Å². The predicted molar refractivity (Wildman–Crippen MR) is 121 cm³/mol. The maximum Gasteiger partial charge on any atom is 0.243 e. The molecule has 166 valence electrons. The van der Waals surface area contributed by atoms with Gasteiger partial charge < -0.3 is 9.47 Å². The van der Waals surface area contributed by atoms with E-state index in [0.717, 1.165) is 30.1 Å². The molecule has 1 aliphatic rings. The number of carbonyl (C=O) groups is 1. The number of piperidine rings is 1. The van der Waals surface area contributed by atoms with Crippen molar-refractivity contribution < 1.29 is 13.2 Å². The first-order valence-corrected chi connectivity index (χ1v) is 13.2. The van der Waals surface area contributed by atoms with Crippen LogP contribution in [-0.4, -0.2) is 64.5 Å². The zero-order valence-corrected chi connectivity index (χ0v) is 19.9. The molecule has 1 aromatic carbocycles. The number of amides is 1. The Morgan fingerprint density at radius 2 is 1.97 bits per heavy atom. The van der Waals surface area contributed by atoms with Crippen LogP contribution in [0.1, 0.15) is 47.0 Å². The second kappa shape index (κ2) is 9.70. The first kappa shape index (κ1) is 23.1. The van der Waals surface area contributed by atoms with E-state index in [9.17, 15) is 13.2 Å². The molecule has 9 heteroatoms. The first-order valence-electron chi connectivity index (χ1n) is 10.8. The van der Waals surface area contributed by atoms with Gasteiger partial charge >= 0.3 is 0 Å². The van der Waals surface area contributed by atoms with E-state index >= 15 is 0 Å². The van der Waals surface area contributed by atoms with Crippen LogP contribution in [-0.2, 0) is 21.4 Å². The quantitative estimate of drug-likeness (QED) is 0.572. The Labute approximate surface area is 183 Å². The summed E-state index contributed by atoms with van der Waals surface area (Å²) in [4.78, 5) is 19.6. The number of thioether (sulfide) groups is 1. The molecule has 0 saturated carbocycles. The van der Waals surface area contributed by atoms with E-state index in [1.54, 1.807) is 12.1 Å². The highest BCUT2D eigenvalue weighted by molar-refractivity contribution is 7.99. The molecule has 1 aliphatic heterocycles. The Kier molecular flexibility index (Phi) is 7.47. The van der Waals surface area contributed by atoms with Gasteiger partial charge in [0.1, 0.15) is 0 Å².